The number of rotatable bonds is 2. The van der Waals surface area contributed by atoms with Crippen molar-refractivity contribution >= 4 is 27.6 Å². The normalized spacial score (nSPS) is 20.4. The first-order chi connectivity index (χ1) is 11.0. The maximum absolute atomic E-state index is 12.8. The zero-order chi connectivity index (χ0) is 16.2. The molecule has 1 fully saturated rings. The van der Waals surface area contributed by atoms with Gasteiger partial charge in [-0.1, -0.05) is 18.2 Å². The fourth-order valence-corrected chi connectivity index (χ4v) is 3.18. The summed E-state index contributed by atoms with van der Waals surface area (Å²) in [5.41, 5.74) is 3.21. The van der Waals surface area contributed by atoms with Gasteiger partial charge in [-0.15, -0.1) is 0 Å². The molecule has 1 aliphatic rings. The van der Waals surface area contributed by atoms with E-state index in [1.54, 1.807) is 20.0 Å². The van der Waals surface area contributed by atoms with Crippen molar-refractivity contribution in [3.8, 4) is 0 Å². The number of H-pyrrole nitrogens is 1. The summed E-state index contributed by atoms with van der Waals surface area (Å²) in [7, 11) is 0. The Morgan fingerprint density at radius 1 is 1.35 bits per heavy atom. The standard InChI is InChI=1S/C18H18N2O3/c1-10-8-19-16(17(21)13-9-22-18(2,3)23-13)15-14(10)11-6-4-5-7-12(11)20-15/h4-8,13,20H,9H2,1-3H3/t13-/m1/s1. The summed E-state index contributed by atoms with van der Waals surface area (Å²) in [6.45, 7) is 5.87. The molecule has 0 aliphatic carbocycles. The number of aromatic amines is 1. The molecule has 23 heavy (non-hydrogen) atoms. The van der Waals surface area contributed by atoms with Crippen LogP contribution in [0, 0.1) is 6.92 Å². The summed E-state index contributed by atoms with van der Waals surface area (Å²) in [6.07, 6.45) is 1.13. The Kier molecular flexibility index (Phi) is 3.04. The molecule has 0 unspecified atom stereocenters. The molecule has 1 atom stereocenters. The third kappa shape index (κ3) is 2.24. The number of ketones is 1. The summed E-state index contributed by atoms with van der Waals surface area (Å²) in [4.78, 5) is 20.6. The lowest BCUT2D eigenvalue weighted by Crippen LogP contribution is -2.27. The van der Waals surface area contributed by atoms with E-state index in [0.717, 1.165) is 27.4 Å². The lowest BCUT2D eigenvalue weighted by molar-refractivity contribution is -0.133. The highest BCUT2D eigenvalue weighted by atomic mass is 16.7. The minimum atomic E-state index is -0.732. The highest BCUT2D eigenvalue weighted by molar-refractivity contribution is 6.16. The zero-order valence-electron chi connectivity index (χ0n) is 13.3. The molecule has 0 radical (unpaired) electrons. The molecule has 1 aromatic carbocycles. The van der Waals surface area contributed by atoms with Crippen molar-refractivity contribution in [2.75, 3.05) is 6.61 Å². The number of hydrogen-bond acceptors (Lipinski definition) is 4. The van der Waals surface area contributed by atoms with Gasteiger partial charge in [0.05, 0.1) is 12.1 Å². The van der Waals surface area contributed by atoms with Gasteiger partial charge in [0.25, 0.3) is 0 Å². The number of aryl methyl sites for hydroxylation is 1. The number of pyridine rings is 1. The number of nitrogens with one attached hydrogen (secondary N) is 1. The van der Waals surface area contributed by atoms with Crippen LogP contribution >= 0.6 is 0 Å². The SMILES string of the molecule is Cc1cnc(C(=O)[C@H]2COC(C)(C)O2)c2[nH]c3ccccc3c12. The minimum Gasteiger partial charge on any atom is -0.353 e. The van der Waals surface area contributed by atoms with Crippen molar-refractivity contribution in [3.05, 3.63) is 41.7 Å². The number of Topliss-reactive ketones (excluding diaryl/α,β-unsaturated/α-hetero) is 1. The average Bonchev–Trinajstić information content (AvgIpc) is 3.07. The van der Waals surface area contributed by atoms with Crippen LogP contribution in [0.4, 0.5) is 0 Å². The van der Waals surface area contributed by atoms with Crippen LogP contribution in [0.5, 0.6) is 0 Å². The smallest absolute Gasteiger partial charge is 0.214 e. The first-order valence-corrected chi connectivity index (χ1v) is 7.68. The third-order valence-corrected chi connectivity index (χ3v) is 4.26. The van der Waals surface area contributed by atoms with Gasteiger partial charge in [-0.25, -0.2) is 0 Å². The van der Waals surface area contributed by atoms with Gasteiger partial charge in [-0.05, 0) is 32.4 Å². The number of fused-ring (bicyclic) bond motifs is 3. The second-order valence-electron chi connectivity index (χ2n) is 6.39. The van der Waals surface area contributed by atoms with Gasteiger partial charge < -0.3 is 14.5 Å². The van der Waals surface area contributed by atoms with Crippen molar-refractivity contribution in [1.29, 1.82) is 0 Å². The number of carbonyl (C=O) groups is 1. The van der Waals surface area contributed by atoms with Gasteiger partial charge in [0.2, 0.25) is 5.78 Å². The predicted octanol–water partition coefficient (Wildman–Crippen LogP) is 3.36. The van der Waals surface area contributed by atoms with Crippen LogP contribution in [0.3, 0.4) is 0 Å². The minimum absolute atomic E-state index is 0.146. The van der Waals surface area contributed by atoms with E-state index in [9.17, 15) is 4.79 Å². The molecule has 1 saturated heterocycles. The van der Waals surface area contributed by atoms with Crippen molar-refractivity contribution in [2.45, 2.75) is 32.7 Å². The third-order valence-electron chi connectivity index (χ3n) is 4.26. The van der Waals surface area contributed by atoms with E-state index in [1.807, 2.05) is 31.2 Å². The van der Waals surface area contributed by atoms with E-state index in [1.165, 1.54) is 0 Å². The molecule has 5 nitrogen and oxygen atoms in total. The molecule has 0 amide bonds. The number of benzene rings is 1. The van der Waals surface area contributed by atoms with Crippen molar-refractivity contribution < 1.29 is 14.3 Å². The molecule has 0 spiro atoms. The number of aromatic nitrogens is 2. The van der Waals surface area contributed by atoms with Crippen LogP contribution in [-0.2, 0) is 9.47 Å². The van der Waals surface area contributed by atoms with Gasteiger partial charge in [0.1, 0.15) is 11.8 Å². The number of nitrogens with zero attached hydrogens (tertiary/aromatic N) is 1. The first kappa shape index (κ1) is 14.4. The second kappa shape index (κ2) is 4.88. The highest BCUT2D eigenvalue weighted by Crippen LogP contribution is 2.31. The molecule has 2 aromatic heterocycles. The highest BCUT2D eigenvalue weighted by Gasteiger charge is 2.38. The van der Waals surface area contributed by atoms with E-state index in [-0.39, 0.29) is 12.4 Å². The average molecular weight is 310 g/mol. The van der Waals surface area contributed by atoms with E-state index in [4.69, 9.17) is 9.47 Å². The molecular weight excluding hydrogens is 292 g/mol. The summed E-state index contributed by atoms with van der Waals surface area (Å²) in [5, 5.41) is 2.14. The molecule has 1 N–H and O–H groups in total. The van der Waals surface area contributed by atoms with E-state index < -0.39 is 11.9 Å². The van der Waals surface area contributed by atoms with E-state index in [0.29, 0.717) is 5.69 Å². The Balaban J connectivity index is 1.88. The Bertz CT molecular complexity index is 927. The van der Waals surface area contributed by atoms with Crippen molar-refractivity contribution in [2.24, 2.45) is 0 Å². The Labute approximate surface area is 133 Å². The van der Waals surface area contributed by atoms with Gasteiger partial charge in [0, 0.05) is 22.5 Å². The van der Waals surface area contributed by atoms with Crippen LogP contribution in [0.1, 0.15) is 29.9 Å². The topological polar surface area (TPSA) is 64.2 Å². The van der Waals surface area contributed by atoms with Gasteiger partial charge in [-0.2, -0.15) is 0 Å². The van der Waals surface area contributed by atoms with Crippen molar-refractivity contribution in [3.63, 3.8) is 0 Å². The molecule has 0 bridgehead atoms. The summed E-state index contributed by atoms with van der Waals surface area (Å²) in [5.74, 6) is -0.878. The number of carbonyl (C=O) groups excluding carboxylic acids is 1. The molecule has 5 heteroatoms. The van der Waals surface area contributed by atoms with Crippen LogP contribution in [0.2, 0.25) is 0 Å². The molecule has 0 saturated carbocycles. The van der Waals surface area contributed by atoms with Crippen LogP contribution < -0.4 is 0 Å². The molecule has 3 aromatic rings. The summed E-state index contributed by atoms with van der Waals surface area (Å²) < 4.78 is 11.2. The quantitative estimate of drug-likeness (QED) is 0.737. The molecular formula is C18H18N2O3. The van der Waals surface area contributed by atoms with E-state index >= 15 is 0 Å². The van der Waals surface area contributed by atoms with Crippen LogP contribution in [0.15, 0.2) is 30.5 Å². The van der Waals surface area contributed by atoms with Gasteiger partial charge >= 0.3 is 0 Å². The molecule has 118 valence electrons. The Hall–Kier alpha value is -2.24. The Morgan fingerprint density at radius 2 is 2.13 bits per heavy atom. The largest absolute Gasteiger partial charge is 0.353 e. The molecule has 4 rings (SSSR count). The predicted molar refractivity (Wildman–Crippen MR) is 87.6 cm³/mol. The lowest BCUT2D eigenvalue weighted by Gasteiger charge is -2.16. The lowest BCUT2D eigenvalue weighted by atomic mass is 10.1. The second-order valence-corrected chi connectivity index (χ2v) is 6.39. The van der Waals surface area contributed by atoms with Gasteiger partial charge in [0.15, 0.2) is 5.79 Å². The number of ether oxygens (including phenoxy) is 2. The Morgan fingerprint density at radius 3 is 2.87 bits per heavy atom. The first-order valence-electron chi connectivity index (χ1n) is 7.68. The van der Waals surface area contributed by atoms with E-state index in [2.05, 4.69) is 9.97 Å². The van der Waals surface area contributed by atoms with Gasteiger partial charge in [-0.3, -0.25) is 9.78 Å². The number of para-hydroxylation sites is 1. The van der Waals surface area contributed by atoms with Crippen LogP contribution in [0.25, 0.3) is 21.8 Å². The van der Waals surface area contributed by atoms with Crippen molar-refractivity contribution in [1.82, 2.24) is 9.97 Å². The zero-order valence-corrected chi connectivity index (χ0v) is 13.3. The maximum Gasteiger partial charge on any atom is 0.214 e. The maximum atomic E-state index is 12.8. The van der Waals surface area contributed by atoms with Crippen LogP contribution in [-0.4, -0.2) is 34.2 Å². The monoisotopic (exact) mass is 310 g/mol. The fraction of sp³-hybridized carbons (Fsp3) is 0.333. The summed E-state index contributed by atoms with van der Waals surface area (Å²) in [6, 6.07) is 8.01. The summed E-state index contributed by atoms with van der Waals surface area (Å²) >= 11 is 0. The molecule has 3 heterocycles. The fourth-order valence-electron chi connectivity index (χ4n) is 3.18. The number of hydrogen-bond donors (Lipinski definition) is 1. The molecule has 1 aliphatic heterocycles.